The van der Waals surface area contributed by atoms with Gasteiger partial charge in [-0.2, -0.15) is 0 Å². The van der Waals surface area contributed by atoms with Crippen molar-refractivity contribution in [1.29, 1.82) is 0 Å². The van der Waals surface area contributed by atoms with E-state index in [1.54, 1.807) is 43.3 Å². The molecule has 2 amide bonds. The van der Waals surface area contributed by atoms with E-state index in [4.69, 9.17) is 13.9 Å². The molecule has 0 radical (unpaired) electrons. The lowest BCUT2D eigenvalue weighted by atomic mass is 10.2. The molecule has 0 spiro atoms. The minimum absolute atomic E-state index is 0.0347. The molecule has 9 nitrogen and oxygen atoms in total. The molecule has 0 fully saturated rings. The molecule has 2 aliphatic rings. The number of amides is 2. The molecule has 2 aromatic carbocycles. The topological polar surface area (TPSA) is 107 Å². The normalized spacial score (nSPS) is 15.5. The van der Waals surface area contributed by atoms with Crippen LogP contribution in [0, 0.1) is 0 Å². The molecule has 1 N–H and O–H groups in total. The van der Waals surface area contributed by atoms with Gasteiger partial charge in [0.25, 0.3) is 5.22 Å². The zero-order valence-electron chi connectivity index (χ0n) is 15.8. The Kier molecular flexibility index (Phi) is 4.55. The average molecular weight is 424 g/mol. The molecule has 3 heterocycles. The van der Waals surface area contributed by atoms with Crippen molar-refractivity contribution >= 4 is 35.0 Å². The number of hydrogen-bond acceptors (Lipinski definition) is 8. The molecule has 3 aromatic rings. The summed E-state index contributed by atoms with van der Waals surface area (Å²) in [5.74, 6) is 1.15. The maximum absolute atomic E-state index is 13.0. The molecule has 10 heteroatoms. The van der Waals surface area contributed by atoms with Crippen molar-refractivity contribution in [2.45, 2.75) is 17.4 Å². The number of fused-ring (bicyclic) bond motifs is 2. The van der Waals surface area contributed by atoms with Crippen molar-refractivity contribution < 1.29 is 23.5 Å². The predicted octanol–water partition coefficient (Wildman–Crippen LogP) is 2.93. The van der Waals surface area contributed by atoms with Crippen LogP contribution in [0.3, 0.4) is 0 Å². The first-order valence-electron chi connectivity index (χ1n) is 9.19. The minimum Gasteiger partial charge on any atom is -0.454 e. The fraction of sp³-hybridized carbons (Fsp3) is 0.200. The van der Waals surface area contributed by atoms with Gasteiger partial charge in [-0.25, -0.2) is 0 Å². The molecule has 5 rings (SSSR count). The third kappa shape index (κ3) is 3.35. The predicted molar refractivity (Wildman–Crippen MR) is 109 cm³/mol. The number of carbonyl (C=O) groups excluding carboxylic acids is 2. The summed E-state index contributed by atoms with van der Waals surface area (Å²) in [6.45, 7) is 1.89. The largest absolute Gasteiger partial charge is 0.454 e. The molecule has 0 saturated heterocycles. The Balaban J connectivity index is 1.32. The number of thioether (sulfide) groups is 1. The summed E-state index contributed by atoms with van der Waals surface area (Å²) in [6.07, 6.45) is 0. The van der Waals surface area contributed by atoms with Gasteiger partial charge >= 0.3 is 0 Å². The van der Waals surface area contributed by atoms with Crippen LogP contribution in [0.1, 0.15) is 6.92 Å². The summed E-state index contributed by atoms with van der Waals surface area (Å²) in [7, 11) is 0. The Hall–Kier alpha value is -3.53. The van der Waals surface area contributed by atoms with Crippen LogP contribution in [0.2, 0.25) is 0 Å². The minimum atomic E-state index is -0.533. The van der Waals surface area contributed by atoms with E-state index in [-0.39, 0.29) is 30.4 Å². The first-order chi connectivity index (χ1) is 14.6. The first kappa shape index (κ1) is 18.5. The van der Waals surface area contributed by atoms with E-state index < -0.39 is 5.25 Å². The van der Waals surface area contributed by atoms with Gasteiger partial charge in [0.1, 0.15) is 6.54 Å². The van der Waals surface area contributed by atoms with Crippen LogP contribution < -0.4 is 19.7 Å². The fourth-order valence-electron chi connectivity index (χ4n) is 3.25. The molecule has 1 aromatic heterocycles. The quantitative estimate of drug-likeness (QED) is 0.637. The van der Waals surface area contributed by atoms with Crippen molar-refractivity contribution in [3.05, 3.63) is 42.5 Å². The van der Waals surface area contributed by atoms with Crippen LogP contribution in [0.5, 0.6) is 11.5 Å². The lowest BCUT2D eigenvalue weighted by Crippen LogP contribution is -2.45. The maximum Gasteiger partial charge on any atom is 0.277 e. The van der Waals surface area contributed by atoms with Gasteiger partial charge < -0.3 is 19.2 Å². The molecule has 0 unspecified atom stereocenters. The third-order valence-electron chi connectivity index (χ3n) is 4.69. The number of para-hydroxylation sites is 2. The zero-order valence-corrected chi connectivity index (χ0v) is 16.6. The van der Waals surface area contributed by atoms with Crippen LogP contribution >= 0.6 is 11.8 Å². The van der Waals surface area contributed by atoms with Gasteiger partial charge in [-0.15, -0.1) is 10.2 Å². The number of aromatic nitrogens is 2. The van der Waals surface area contributed by atoms with E-state index in [0.717, 1.165) is 11.8 Å². The first-order valence-corrected chi connectivity index (χ1v) is 10.1. The molecule has 0 aliphatic carbocycles. The highest BCUT2D eigenvalue weighted by Crippen LogP contribution is 2.37. The number of anilines is 2. The highest BCUT2D eigenvalue weighted by molar-refractivity contribution is 8.00. The third-order valence-corrected chi connectivity index (χ3v) is 5.61. The second kappa shape index (κ2) is 7.38. The Morgan fingerprint density at radius 2 is 2.00 bits per heavy atom. The van der Waals surface area contributed by atoms with Crippen LogP contribution in [-0.4, -0.2) is 40.6 Å². The SMILES string of the molecule is C[C@H](Sc1nnc(-c2ccc3c(c2)OCO3)o1)C(=O)N1CC(=O)Nc2ccccc21. The fourth-order valence-corrected chi connectivity index (χ4v) is 4.00. The summed E-state index contributed by atoms with van der Waals surface area (Å²) in [5.41, 5.74) is 1.97. The summed E-state index contributed by atoms with van der Waals surface area (Å²) in [6, 6.07) is 12.5. The second-order valence-electron chi connectivity index (χ2n) is 6.69. The Labute approximate surface area is 175 Å². The van der Waals surface area contributed by atoms with E-state index in [1.807, 2.05) is 6.07 Å². The smallest absolute Gasteiger partial charge is 0.277 e. The number of nitrogens with one attached hydrogen (secondary N) is 1. The zero-order chi connectivity index (χ0) is 20.7. The van der Waals surface area contributed by atoms with Gasteiger partial charge in [-0.05, 0) is 37.3 Å². The number of benzene rings is 2. The maximum atomic E-state index is 13.0. The lowest BCUT2D eigenvalue weighted by molar-refractivity contribution is -0.121. The molecular weight excluding hydrogens is 408 g/mol. The number of nitrogens with zero attached hydrogens (tertiary/aromatic N) is 3. The standard InChI is InChI=1S/C20H16N4O5S/c1-11(19(26)24-9-17(25)21-13-4-2-3-5-14(13)24)30-20-23-22-18(29-20)12-6-7-15-16(8-12)28-10-27-15/h2-8,11H,9-10H2,1H3,(H,21,25)/t11-/m0/s1. The van der Waals surface area contributed by atoms with Crippen molar-refractivity contribution in [2.75, 3.05) is 23.6 Å². The van der Waals surface area contributed by atoms with Crippen LogP contribution in [0.25, 0.3) is 11.5 Å². The van der Waals surface area contributed by atoms with Gasteiger partial charge in [0, 0.05) is 5.56 Å². The van der Waals surface area contributed by atoms with Gasteiger partial charge in [0.05, 0.1) is 16.6 Å². The summed E-state index contributed by atoms with van der Waals surface area (Å²) in [5, 5.41) is 10.6. The van der Waals surface area contributed by atoms with Gasteiger partial charge in [-0.3, -0.25) is 14.5 Å². The van der Waals surface area contributed by atoms with E-state index >= 15 is 0 Å². The van der Waals surface area contributed by atoms with Gasteiger partial charge in [0.2, 0.25) is 24.5 Å². The Morgan fingerprint density at radius 1 is 1.17 bits per heavy atom. The van der Waals surface area contributed by atoms with E-state index in [1.165, 1.54) is 4.90 Å². The van der Waals surface area contributed by atoms with Gasteiger partial charge in [-0.1, -0.05) is 23.9 Å². The van der Waals surface area contributed by atoms with Crippen molar-refractivity contribution in [3.8, 4) is 23.0 Å². The molecular formula is C20H16N4O5S. The second-order valence-corrected chi connectivity index (χ2v) is 7.98. The molecule has 0 bridgehead atoms. The molecule has 2 aliphatic heterocycles. The Bertz CT molecular complexity index is 1150. The lowest BCUT2D eigenvalue weighted by Gasteiger charge is -2.30. The average Bonchev–Trinajstić information content (AvgIpc) is 3.41. The molecule has 30 heavy (non-hydrogen) atoms. The van der Waals surface area contributed by atoms with Crippen molar-refractivity contribution in [3.63, 3.8) is 0 Å². The molecule has 0 saturated carbocycles. The highest BCUT2D eigenvalue weighted by atomic mass is 32.2. The van der Waals surface area contributed by atoms with Gasteiger partial charge in [0.15, 0.2) is 11.5 Å². The summed E-state index contributed by atoms with van der Waals surface area (Å²) in [4.78, 5) is 26.5. The van der Waals surface area contributed by atoms with Crippen LogP contribution in [0.4, 0.5) is 11.4 Å². The number of carbonyl (C=O) groups is 2. The van der Waals surface area contributed by atoms with Crippen molar-refractivity contribution in [1.82, 2.24) is 10.2 Å². The Morgan fingerprint density at radius 3 is 2.90 bits per heavy atom. The van der Waals surface area contributed by atoms with Crippen LogP contribution in [-0.2, 0) is 9.59 Å². The highest BCUT2D eigenvalue weighted by Gasteiger charge is 2.31. The summed E-state index contributed by atoms with van der Waals surface area (Å²) < 4.78 is 16.4. The van der Waals surface area contributed by atoms with Crippen molar-refractivity contribution in [2.24, 2.45) is 0 Å². The van der Waals surface area contributed by atoms with E-state index in [2.05, 4.69) is 15.5 Å². The van der Waals surface area contributed by atoms with E-state index in [0.29, 0.717) is 34.3 Å². The number of hydrogen-bond donors (Lipinski definition) is 1. The monoisotopic (exact) mass is 424 g/mol. The number of rotatable bonds is 4. The van der Waals surface area contributed by atoms with E-state index in [9.17, 15) is 9.59 Å². The number of ether oxygens (including phenoxy) is 2. The molecule has 1 atom stereocenters. The molecule has 152 valence electrons. The van der Waals surface area contributed by atoms with Crippen LogP contribution in [0.15, 0.2) is 52.1 Å². The summed E-state index contributed by atoms with van der Waals surface area (Å²) >= 11 is 1.14.